The first kappa shape index (κ1) is 23.2. The SMILES string of the molecule is CCOc1cc(CN(C)C(=O)/C=C/c2ccc(C(=O)NC3CC3)cc2)ccc1OC(F)F. The minimum atomic E-state index is -2.95. The number of rotatable bonds is 10. The van der Waals surface area contributed by atoms with Crippen LogP contribution in [-0.2, 0) is 11.3 Å². The van der Waals surface area contributed by atoms with Crippen molar-refractivity contribution >= 4 is 17.9 Å². The van der Waals surface area contributed by atoms with Crippen molar-refractivity contribution < 1.29 is 27.8 Å². The highest BCUT2D eigenvalue weighted by Crippen LogP contribution is 2.30. The van der Waals surface area contributed by atoms with Gasteiger partial charge in [-0.15, -0.1) is 0 Å². The monoisotopic (exact) mass is 444 g/mol. The Morgan fingerprint density at radius 2 is 1.88 bits per heavy atom. The van der Waals surface area contributed by atoms with Crippen LogP contribution in [0.3, 0.4) is 0 Å². The summed E-state index contributed by atoms with van der Waals surface area (Å²) in [7, 11) is 1.64. The number of hydrogen-bond acceptors (Lipinski definition) is 4. The van der Waals surface area contributed by atoms with Gasteiger partial charge in [0, 0.05) is 31.3 Å². The number of amides is 2. The first-order valence-corrected chi connectivity index (χ1v) is 10.4. The van der Waals surface area contributed by atoms with Crippen molar-refractivity contribution in [3.05, 3.63) is 65.2 Å². The van der Waals surface area contributed by atoms with E-state index in [1.165, 1.54) is 17.0 Å². The number of carbonyl (C=O) groups excluding carboxylic acids is 2. The number of nitrogens with one attached hydrogen (secondary N) is 1. The molecular weight excluding hydrogens is 418 g/mol. The lowest BCUT2D eigenvalue weighted by molar-refractivity contribution is -0.125. The van der Waals surface area contributed by atoms with Gasteiger partial charge < -0.3 is 19.7 Å². The second-order valence-corrected chi connectivity index (χ2v) is 7.49. The van der Waals surface area contributed by atoms with Gasteiger partial charge in [-0.05, 0) is 61.2 Å². The van der Waals surface area contributed by atoms with Crippen molar-refractivity contribution in [3.63, 3.8) is 0 Å². The van der Waals surface area contributed by atoms with Crippen LogP contribution in [0.1, 0.15) is 41.3 Å². The molecule has 0 saturated heterocycles. The van der Waals surface area contributed by atoms with E-state index in [4.69, 9.17) is 4.74 Å². The average molecular weight is 444 g/mol. The maximum atomic E-state index is 12.5. The average Bonchev–Trinajstić information content (AvgIpc) is 3.58. The van der Waals surface area contributed by atoms with Gasteiger partial charge in [0.2, 0.25) is 5.91 Å². The molecule has 0 bridgehead atoms. The Balaban J connectivity index is 1.58. The lowest BCUT2D eigenvalue weighted by atomic mass is 10.1. The standard InChI is InChI=1S/C24H26F2N2O4/c1-3-31-21-14-17(6-12-20(21)32-24(25)26)15-28(2)22(29)13-7-16-4-8-18(9-5-16)23(30)27-19-10-11-19/h4-9,12-14,19,24H,3,10-11,15H2,1-2H3,(H,27,30)/b13-7+. The Kier molecular flexibility index (Phi) is 7.81. The Labute approximate surface area is 185 Å². The molecule has 0 spiro atoms. The summed E-state index contributed by atoms with van der Waals surface area (Å²) in [5.74, 6) is -0.164. The Morgan fingerprint density at radius 3 is 2.50 bits per heavy atom. The van der Waals surface area contributed by atoms with Crippen LogP contribution in [0.15, 0.2) is 48.5 Å². The zero-order valence-corrected chi connectivity index (χ0v) is 18.0. The molecule has 1 aliphatic carbocycles. The number of carbonyl (C=O) groups is 2. The summed E-state index contributed by atoms with van der Waals surface area (Å²) >= 11 is 0. The molecule has 170 valence electrons. The van der Waals surface area contributed by atoms with E-state index in [1.807, 2.05) is 0 Å². The molecule has 2 aromatic carbocycles. The Bertz CT molecular complexity index is 972. The summed E-state index contributed by atoms with van der Waals surface area (Å²) in [6.07, 6.45) is 5.18. The van der Waals surface area contributed by atoms with Gasteiger partial charge in [-0.1, -0.05) is 18.2 Å². The third-order valence-electron chi connectivity index (χ3n) is 4.82. The summed E-state index contributed by atoms with van der Waals surface area (Å²) in [5, 5.41) is 2.93. The molecule has 8 heteroatoms. The quantitative estimate of drug-likeness (QED) is 0.557. The first-order valence-electron chi connectivity index (χ1n) is 10.4. The molecule has 0 heterocycles. The summed E-state index contributed by atoms with van der Waals surface area (Å²) < 4.78 is 34.9. The number of halogens is 2. The largest absolute Gasteiger partial charge is 0.490 e. The van der Waals surface area contributed by atoms with E-state index >= 15 is 0 Å². The molecule has 6 nitrogen and oxygen atoms in total. The minimum absolute atomic E-state index is 0.0475. The molecule has 0 unspecified atom stereocenters. The maximum Gasteiger partial charge on any atom is 0.387 e. The number of benzene rings is 2. The molecule has 1 aliphatic rings. The Hall–Kier alpha value is -3.42. The third-order valence-corrected chi connectivity index (χ3v) is 4.82. The van der Waals surface area contributed by atoms with Gasteiger partial charge in [-0.25, -0.2) is 0 Å². The number of hydrogen-bond donors (Lipinski definition) is 1. The molecule has 2 aromatic rings. The van der Waals surface area contributed by atoms with E-state index in [0.29, 0.717) is 23.8 Å². The molecule has 32 heavy (non-hydrogen) atoms. The summed E-state index contributed by atoms with van der Waals surface area (Å²) in [6.45, 7) is -0.651. The van der Waals surface area contributed by atoms with Gasteiger partial charge in [0.25, 0.3) is 5.91 Å². The maximum absolute atomic E-state index is 12.5. The van der Waals surface area contributed by atoms with Crippen molar-refractivity contribution in [2.75, 3.05) is 13.7 Å². The van der Waals surface area contributed by atoms with Crippen molar-refractivity contribution in [3.8, 4) is 11.5 Å². The predicted octanol–water partition coefficient (Wildman–Crippen LogP) is 4.25. The lowest BCUT2D eigenvalue weighted by Gasteiger charge is -2.17. The topological polar surface area (TPSA) is 67.9 Å². The van der Waals surface area contributed by atoms with Crippen LogP contribution in [0.4, 0.5) is 8.78 Å². The lowest BCUT2D eigenvalue weighted by Crippen LogP contribution is -2.25. The first-order chi connectivity index (χ1) is 15.4. The predicted molar refractivity (Wildman–Crippen MR) is 117 cm³/mol. The highest BCUT2D eigenvalue weighted by Gasteiger charge is 2.23. The number of likely N-dealkylation sites (N-methyl/N-ethyl adjacent to an activating group) is 1. The van der Waals surface area contributed by atoms with Crippen LogP contribution in [0.2, 0.25) is 0 Å². The highest BCUT2D eigenvalue weighted by molar-refractivity contribution is 5.95. The smallest absolute Gasteiger partial charge is 0.387 e. The van der Waals surface area contributed by atoms with E-state index in [-0.39, 0.29) is 29.9 Å². The molecule has 2 amide bonds. The third kappa shape index (κ3) is 6.80. The second kappa shape index (κ2) is 10.7. The van der Waals surface area contributed by atoms with Gasteiger partial charge in [0.1, 0.15) is 0 Å². The molecule has 0 aliphatic heterocycles. The van der Waals surface area contributed by atoms with Crippen molar-refractivity contribution in [2.24, 2.45) is 0 Å². The van der Waals surface area contributed by atoms with Crippen molar-refractivity contribution in [2.45, 2.75) is 39.0 Å². The molecule has 0 aromatic heterocycles. The van der Waals surface area contributed by atoms with Crippen LogP contribution in [0.5, 0.6) is 11.5 Å². The summed E-state index contributed by atoms with van der Waals surface area (Å²) in [6, 6.07) is 11.9. The molecule has 0 atom stereocenters. The molecule has 3 rings (SSSR count). The molecule has 0 radical (unpaired) electrons. The van der Waals surface area contributed by atoms with Crippen molar-refractivity contribution in [1.82, 2.24) is 10.2 Å². The number of ether oxygens (including phenoxy) is 2. The fraction of sp³-hybridized carbons (Fsp3) is 0.333. The van der Waals surface area contributed by atoms with Crippen LogP contribution >= 0.6 is 0 Å². The zero-order valence-electron chi connectivity index (χ0n) is 18.0. The van der Waals surface area contributed by atoms with Crippen LogP contribution in [-0.4, -0.2) is 43.0 Å². The number of nitrogens with zero attached hydrogens (tertiary/aromatic N) is 1. The van der Waals surface area contributed by atoms with E-state index in [9.17, 15) is 18.4 Å². The van der Waals surface area contributed by atoms with E-state index in [0.717, 1.165) is 18.4 Å². The summed E-state index contributed by atoms with van der Waals surface area (Å²) in [4.78, 5) is 26.0. The van der Waals surface area contributed by atoms with Gasteiger partial charge in [-0.3, -0.25) is 9.59 Å². The molecule has 1 N–H and O–H groups in total. The number of alkyl halides is 2. The van der Waals surface area contributed by atoms with Crippen molar-refractivity contribution in [1.29, 1.82) is 0 Å². The fourth-order valence-electron chi connectivity index (χ4n) is 3.00. The molecule has 1 fully saturated rings. The van der Waals surface area contributed by atoms with Gasteiger partial charge >= 0.3 is 6.61 Å². The highest BCUT2D eigenvalue weighted by atomic mass is 19.3. The molecule has 1 saturated carbocycles. The van der Waals surface area contributed by atoms with E-state index in [1.54, 1.807) is 56.4 Å². The normalized spacial score (nSPS) is 13.3. The van der Waals surface area contributed by atoms with Crippen LogP contribution in [0, 0.1) is 0 Å². The van der Waals surface area contributed by atoms with Crippen LogP contribution in [0.25, 0.3) is 6.08 Å². The Morgan fingerprint density at radius 1 is 1.16 bits per heavy atom. The molecular formula is C24H26F2N2O4. The fourth-order valence-corrected chi connectivity index (χ4v) is 3.00. The zero-order chi connectivity index (χ0) is 23.1. The van der Waals surface area contributed by atoms with Gasteiger partial charge in [0.15, 0.2) is 11.5 Å². The van der Waals surface area contributed by atoms with Gasteiger partial charge in [0.05, 0.1) is 6.61 Å². The van der Waals surface area contributed by atoms with E-state index in [2.05, 4.69) is 10.1 Å². The minimum Gasteiger partial charge on any atom is -0.490 e. The van der Waals surface area contributed by atoms with Crippen LogP contribution < -0.4 is 14.8 Å². The summed E-state index contributed by atoms with van der Waals surface area (Å²) in [5.41, 5.74) is 2.09. The van der Waals surface area contributed by atoms with E-state index < -0.39 is 6.61 Å². The second-order valence-electron chi connectivity index (χ2n) is 7.49. The van der Waals surface area contributed by atoms with Gasteiger partial charge in [-0.2, -0.15) is 8.78 Å².